The molecule has 2 aromatic carbocycles. The second-order valence-corrected chi connectivity index (χ2v) is 7.93. The number of hydrogen-bond acceptors (Lipinski definition) is 7. The lowest BCUT2D eigenvalue weighted by molar-refractivity contribution is -0.146. The first-order valence-electron chi connectivity index (χ1n) is 10.4. The molecule has 33 heavy (non-hydrogen) atoms. The van der Waals surface area contributed by atoms with Gasteiger partial charge in [-0.1, -0.05) is 6.42 Å². The van der Waals surface area contributed by atoms with E-state index in [1.807, 2.05) is 4.90 Å². The first-order chi connectivity index (χ1) is 15.8. The summed E-state index contributed by atoms with van der Waals surface area (Å²) in [6, 6.07) is 4.63. The summed E-state index contributed by atoms with van der Waals surface area (Å²) >= 11 is 0. The maximum absolute atomic E-state index is 15.2. The molecule has 0 aliphatic carbocycles. The summed E-state index contributed by atoms with van der Waals surface area (Å²) in [6.07, 6.45) is 3.03. The number of nitrogen functional groups attached to an aromatic ring is 2. The zero-order chi connectivity index (χ0) is 23.7. The van der Waals surface area contributed by atoms with Crippen LogP contribution in [0.15, 0.2) is 33.5 Å². The SMILES string of the molecule is Nc1ccc(-c2cc(=O)c3c(N)c(F)c(COC(=O)CN4CCCCC4)c(F)c3o2)cc1F. The molecular formula is C23H22F3N3O4. The largest absolute Gasteiger partial charge is 0.460 e. The van der Waals surface area contributed by atoms with Crippen molar-refractivity contribution < 1.29 is 27.1 Å². The van der Waals surface area contributed by atoms with Gasteiger partial charge in [0, 0.05) is 11.6 Å². The van der Waals surface area contributed by atoms with Crippen LogP contribution in [0.1, 0.15) is 24.8 Å². The molecule has 0 amide bonds. The Labute approximate surface area is 186 Å². The number of likely N-dealkylation sites (tertiary alicyclic amines) is 1. The van der Waals surface area contributed by atoms with Crippen molar-refractivity contribution in [1.82, 2.24) is 4.90 Å². The average molecular weight is 461 g/mol. The van der Waals surface area contributed by atoms with Crippen LogP contribution < -0.4 is 16.9 Å². The standard InChI is InChI=1S/C23H22F3N3O4/c24-14-8-12(4-5-15(14)27)17-9-16(30)19-22(28)20(25)13(21(26)23(19)33-17)11-32-18(31)10-29-6-2-1-3-7-29/h4-5,8-9H,1-3,6-7,10-11,27-28H2. The molecule has 1 saturated heterocycles. The van der Waals surface area contributed by atoms with E-state index >= 15 is 4.39 Å². The summed E-state index contributed by atoms with van der Waals surface area (Å²) in [4.78, 5) is 26.6. The van der Waals surface area contributed by atoms with Crippen LogP contribution in [-0.4, -0.2) is 30.5 Å². The Bertz CT molecular complexity index is 1290. The first-order valence-corrected chi connectivity index (χ1v) is 10.4. The minimum absolute atomic E-state index is 0.00817. The van der Waals surface area contributed by atoms with Crippen molar-refractivity contribution in [2.75, 3.05) is 31.1 Å². The number of anilines is 2. The van der Waals surface area contributed by atoms with E-state index in [-0.39, 0.29) is 23.6 Å². The molecule has 2 heterocycles. The number of carbonyl (C=O) groups is 1. The van der Waals surface area contributed by atoms with Crippen LogP contribution in [-0.2, 0) is 16.1 Å². The van der Waals surface area contributed by atoms with Crippen LogP contribution in [0.2, 0.25) is 0 Å². The third-order valence-corrected chi connectivity index (χ3v) is 5.65. The van der Waals surface area contributed by atoms with Gasteiger partial charge in [0.2, 0.25) is 0 Å². The van der Waals surface area contributed by atoms with Gasteiger partial charge in [-0.3, -0.25) is 14.5 Å². The van der Waals surface area contributed by atoms with Crippen LogP contribution in [0, 0.1) is 17.5 Å². The van der Waals surface area contributed by atoms with Crippen molar-refractivity contribution in [2.24, 2.45) is 0 Å². The summed E-state index contributed by atoms with van der Waals surface area (Å²) in [6.45, 7) is 0.782. The molecule has 0 unspecified atom stereocenters. The Morgan fingerprint density at radius 3 is 2.48 bits per heavy atom. The third-order valence-electron chi connectivity index (χ3n) is 5.65. The van der Waals surface area contributed by atoms with Gasteiger partial charge in [0.25, 0.3) is 0 Å². The summed E-state index contributed by atoms with van der Waals surface area (Å²) in [5.41, 5.74) is 8.51. The number of halogens is 3. The van der Waals surface area contributed by atoms with Gasteiger partial charge in [0.1, 0.15) is 18.2 Å². The molecule has 7 nitrogen and oxygen atoms in total. The molecule has 10 heteroatoms. The predicted molar refractivity (Wildman–Crippen MR) is 117 cm³/mol. The fourth-order valence-electron chi connectivity index (χ4n) is 3.86. The summed E-state index contributed by atoms with van der Waals surface area (Å²) < 4.78 is 54.4. The van der Waals surface area contributed by atoms with Crippen LogP contribution in [0.3, 0.4) is 0 Å². The lowest BCUT2D eigenvalue weighted by atomic mass is 10.1. The highest BCUT2D eigenvalue weighted by atomic mass is 19.1. The maximum Gasteiger partial charge on any atom is 0.320 e. The Kier molecular flexibility index (Phi) is 6.28. The molecule has 1 fully saturated rings. The number of piperidine rings is 1. The normalized spacial score (nSPS) is 14.5. The molecule has 4 N–H and O–H groups in total. The molecule has 0 spiro atoms. The zero-order valence-electron chi connectivity index (χ0n) is 17.6. The zero-order valence-corrected chi connectivity index (χ0v) is 17.6. The van der Waals surface area contributed by atoms with E-state index in [0.29, 0.717) is 0 Å². The topological polar surface area (TPSA) is 112 Å². The molecule has 4 rings (SSSR count). The van der Waals surface area contributed by atoms with Crippen LogP contribution in [0.25, 0.3) is 22.3 Å². The third kappa shape index (κ3) is 4.51. The van der Waals surface area contributed by atoms with E-state index in [1.165, 1.54) is 12.1 Å². The van der Waals surface area contributed by atoms with E-state index in [1.54, 1.807) is 0 Å². The van der Waals surface area contributed by atoms with Crippen molar-refractivity contribution in [3.05, 3.63) is 57.5 Å². The molecule has 1 aliphatic heterocycles. The van der Waals surface area contributed by atoms with Crippen molar-refractivity contribution in [2.45, 2.75) is 25.9 Å². The van der Waals surface area contributed by atoms with Crippen LogP contribution in [0.5, 0.6) is 0 Å². The van der Waals surface area contributed by atoms with Gasteiger partial charge in [-0.15, -0.1) is 0 Å². The molecule has 3 aromatic rings. The summed E-state index contributed by atoms with van der Waals surface area (Å²) in [5, 5.41) is -0.493. The number of benzene rings is 2. The molecule has 174 valence electrons. The van der Waals surface area contributed by atoms with E-state index in [0.717, 1.165) is 44.5 Å². The van der Waals surface area contributed by atoms with Gasteiger partial charge in [0.05, 0.1) is 28.9 Å². The van der Waals surface area contributed by atoms with E-state index in [9.17, 15) is 18.4 Å². The van der Waals surface area contributed by atoms with E-state index in [4.69, 9.17) is 20.6 Å². The molecule has 0 atom stereocenters. The van der Waals surface area contributed by atoms with Crippen molar-refractivity contribution >= 4 is 28.3 Å². The molecule has 0 bridgehead atoms. The van der Waals surface area contributed by atoms with Crippen LogP contribution >= 0.6 is 0 Å². The summed E-state index contributed by atoms with van der Waals surface area (Å²) in [5.74, 6) is -3.98. The van der Waals surface area contributed by atoms with Gasteiger partial charge in [-0.05, 0) is 44.1 Å². The van der Waals surface area contributed by atoms with Crippen molar-refractivity contribution in [3.63, 3.8) is 0 Å². The fourth-order valence-corrected chi connectivity index (χ4v) is 3.86. The Morgan fingerprint density at radius 1 is 1.06 bits per heavy atom. The fraction of sp³-hybridized carbons (Fsp3) is 0.304. The van der Waals surface area contributed by atoms with E-state index in [2.05, 4.69) is 0 Å². The number of nitrogens with zero attached hydrogens (tertiary/aromatic N) is 1. The lowest BCUT2D eigenvalue weighted by Gasteiger charge is -2.25. The van der Waals surface area contributed by atoms with Gasteiger partial charge in [0.15, 0.2) is 22.6 Å². The highest BCUT2D eigenvalue weighted by Gasteiger charge is 2.25. The molecule has 1 aromatic heterocycles. The number of fused-ring (bicyclic) bond motifs is 1. The Morgan fingerprint density at radius 2 is 1.79 bits per heavy atom. The van der Waals surface area contributed by atoms with Gasteiger partial charge in [-0.2, -0.15) is 0 Å². The molecule has 1 aliphatic rings. The molecular weight excluding hydrogens is 439 g/mol. The minimum atomic E-state index is -1.22. The smallest absolute Gasteiger partial charge is 0.320 e. The van der Waals surface area contributed by atoms with Crippen molar-refractivity contribution in [3.8, 4) is 11.3 Å². The number of carbonyl (C=O) groups excluding carboxylic acids is 1. The summed E-state index contributed by atoms with van der Waals surface area (Å²) in [7, 11) is 0. The minimum Gasteiger partial charge on any atom is -0.460 e. The van der Waals surface area contributed by atoms with E-state index < -0.39 is 57.7 Å². The number of nitrogens with two attached hydrogens (primary N) is 2. The maximum atomic E-state index is 15.2. The van der Waals surface area contributed by atoms with Crippen LogP contribution in [0.4, 0.5) is 24.5 Å². The Hall–Kier alpha value is -3.53. The monoisotopic (exact) mass is 461 g/mol. The number of hydrogen-bond donors (Lipinski definition) is 2. The highest BCUT2D eigenvalue weighted by molar-refractivity contribution is 5.91. The molecule has 0 radical (unpaired) electrons. The quantitative estimate of drug-likeness (QED) is 0.441. The van der Waals surface area contributed by atoms with Crippen molar-refractivity contribution in [1.29, 1.82) is 0 Å². The number of ether oxygens (including phenoxy) is 1. The second kappa shape index (κ2) is 9.14. The average Bonchev–Trinajstić information content (AvgIpc) is 2.79. The van der Waals surface area contributed by atoms with Gasteiger partial charge in [-0.25, -0.2) is 13.2 Å². The number of rotatable bonds is 5. The number of esters is 1. The first kappa shape index (κ1) is 22.7. The predicted octanol–water partition coefficient (Wildman–Crippen LogP) is 3.57. The highest BCUT2D eigenvalue weighted by Crippen LogP contribution is 2.32. The Balaban J connectivity index is 1.67. The lowest BCUT2D eigenvalue weighted by Crippen LogP contribution is -2.35. The molecule has 0 saturated carbocycles. The van der Waals surface area contributed by atoms with Gasteiger partial charge >= 0.3 is 5.97 Å². The van der Waals surface area contributed by atoms with Gasteiger partial charge < -0.3 is 20.6 Å². The second-order valence-electron chi connectivity index (χ2n) is 7.93.